The first-order chi connectivity index (χ1) is 16.0. The fraction of sp³-hybridized carbons (Fsp3) is 0.458. The van der Waals surface area contributed by atoms with Gasteiger partial charge in [0.1, 0.15) is 5.75 Å². The van der Waals surface area contributed by atoms with Gasteiger partial charge in [0.05, 0.1) is 12.0 Å². The molecule has 1 aromatic carbocycles. The number of carboxylic acid groups (broad SMARTS) is 1. The van der Waals surface area contributed by atoms with E-state index in [9.17, 15) is 14.4 Å². The maximum Gasteiger partial charge on any atom is 0.317 e. The number of amides is 3. The van der Waals surface area contributed by atoms with Crippen molar-refractivity contribution in [2.45, 2.75) is 44.8 Å². The summed E-state index contributed by atoms with van der Waals surface area (Å²) in [7, 11) is 0. The molecule has 0 atom stereocenters. The largest absolute Gasteiger partial charge is 0.490 e. The van der Waals surface area contributed by atoms with E-state index < -0.39 is 5.97 Å². The van der Waals surface area contributed by atoms with Gasteiger partial charge in [-0.2, -0.15) is 0 Å². The van der Waals surface area contributed by atoms with E-state index in [1.54, 1.807) is 40.5 Å². The van der Waals surface area contributed by atoms with Crippen LogP contribution in [0, 0.1) is 5.92 Å². The van der Waals surface area contributed by atoms with Crippen molar-refractivity contribution in [1.29, 1.82) is 0 Å². The van der Waals surface area contributed by atoms with E-state index in [1.165, 1.54) is 10.4 Å². The summed E-state index contributed by atoms with van der Waals surface area (Å²) in [6, 6.07) is 8.89. The van der Waals surface area contributed by atoms with Crippen LogP contribution in [0.3, 0.4) is 0 Å². The number of carboxylic acids is 1. The van der Waals surface area contributed by atoms with Crippen LogP contribution in [0.1, 0.15) is 46.5 Å². The Kier molecular flexibility index (Phi) is 7.49. The highest BCUT2D eigenvalue weighted by Crippen LogP contribution is 2.28. The number of aliphatic carboxylic acids is 1. The Balaban J connectivity index is 1.15. The number of hydrogen-bond acceptors (Lipinski definition) is 5. The molecular formula is C24H29N3O5S. The van der Waals surface area contributed by atoms with Crippen molar-refractivity contribution >= 4 is 29.2 Å². The molecule has 33 heavy (non-hydrogen) atoms. The first-order valence-corrected chi connectivity index (χ1v) is 12.2. The molecule has 0 spiro atoms. The second-order valence-electron chi connectivity index (χ2n) is 8.48. The Bertz CT molecular complexity index is 982. The molecule has 1 saturated carbocycles. The second-order valence-corrected chi connectivity index (χ2v) is 9.48. The van der Waals surface area contributed by atoms with Crippen LogP contribution < -0.4 is 15.4 Å². The molecule has 1 aliphatic heterocycles. The zero-order chi connectivity index (χ0) is 23.2. The number of hydrogen-bond donors (Lipinski definition) is 3. The molecular weight excluding hydrogens is 442 g/mol. The summed E-state index contributed by atoms with van der Waals surface area (Å²) in [6.07, 6.45) is 3.59. The predicted octanol–water partition coefficient (Wildman–Crippen LogP) is 3.27. The molecule has 3 N–H and O–H groups in total. The molecule has 4 rings (SSSR count). The molecule has 1 aromatic heterocycles. The molecule has 2 aliphatic rings. The van der Waals surface area contributed by atoms with Crippen LogP contribution in [-0.4, -0.2) is 53.7 Å². The number of nitrogens with one attached hydrogen (secondary N) is 2. The third-order valence-electron chi connectivity index (χ3n) is 6.22. The lowest BCUT2D eigenvalue weighted by Gasteiger charge is -2.27. The van der Waals surface area contributed by atoms with Gasteiger partial charge in [-0.1, -0.05) is 0 Å². The van der Waals surface area contributed by atoms with E-state index in [0.717, 1.165) is 19.3 Å². The lowest BCUT2D eigenvalue weighted by Crippen LogP contribution is -2.44. The average Bonchev–Trinajstić information content (AvgIpc) is 3.30. The lowest BCUT2D eigenvalue weighted by molar-refractivity contribution is -0.143. The minimum absolute atomic E-state index is 0.00937. The predicted molar refractivity (Wildman–Crippen MR) is 125 cm³/mol. The molecule has 8 nitrogen and oxygen atoms in total. The SMILES string of the molecule is O=C(NCCNC(=O)N1CCc2sccc2C1)c1ccc(OC2CCC(C(=O)O)CC2)cc1. The van der Waals surface area contributed by atoms with E-state index in [4.69, 9.17) is 9.84 Å². The average molecular weight is 472 g/mol. The molecule has 0 saturated heterocycles. The Labute approximate surface area is 196 Å². The Morgan fingerprint density at radius 3 is 2.48 bits per heavy atom. The van der Waals surface area contributed by atoms with Crippen molar-refractivity contribution in [2.24, 2.45) is 5.92 Å². The van der Waals surface area contributed by atoms with Gasteiger partial charge in [-0.05, 0) is 73.4 Å². The van der Waals surface area contributed by atoms with Crippen LogP contribution >= 0.6 is 11.3 Å². The highest BCUT2D eigenvalue weighted by molar-refractivity contribution is 7.10. The molecule has 0 unspecified atom stereocenters. The summed E-state index contributed by atoms with van der Waals surface area (Å²) in [5.74, 6) is -0.535. The van der Waals surface area contributed by atoms with E-state index in [-0.39, 0.29) is 24.0 Å². The van der Waals surface area contributed by atoms with Crippen molar-refractivity contribution in [3.8, 4) is 5.75 Å². The smallest absolute Gasteiger partial charge is 0.317 e. The molecule has 1 aliphatic carbocycles. The van der Waals surface area contributed by atoms with Gasteiger partial charge in [0.25, 0.3) is 5.91 Å². The number of benzene rings is 1. The van der Waals surface area contributed by atoms with Gasteiger partial charge in [0, 0.05) is 36.6 Å². The summed E-state index contributed by atoms with van der Waals surface area (Å²) in [6.45, 7) is 2.04. The maximum atomic E-state index is 12.4. The molecule has 9 heteroatoms. The highest BCUT2D eigenvalue weighted by atomic mass is 32.1. The van der Waals surface area contributed by atoms with Gasteiger partial charge in [-0.3, -0.25) is 9.59 Å². The molecule has 3 amide bonds. The number of carbonyl (C=O) groups is 3. The van der Waals surface area contributed by atoms with Gasteiger partial charge in [-0.25, -0.2) is 4.79 Å². The summed E-state index contributed by atoms with van der Waals surface area (Å²) in [5.41, 5.74) is 1.74. The van der Waals surface area contributed by atoms with Gasteiger partial charge in [0.2, 0.25) is 0 Å². The zero-order valence-electron chi connectivity index (χ0n) is 18.4. The number of rotatable bonds is 7. The standard InChI is InChI=1S/C24H29N3O5S/c28-22(25-11-12-26-24(31)27-13-9-21-18(15-27)10-14-33-21)16-1-5-19(6-2-16)32-20-7-3-17(4-8-20)23(29)30/h1-2,5-6,10,14,17,20H,3-4,7-9,11-13,15H2,(H,25,28)(H,26,31)(H,29,30). The van der Waals surface area contributed by atoms with E-state index in [0.29, 0.717) is 50.3 Å². The number of nitrogens with zero attached hydrogens (tertiary/aromatic N) is 1. The van der Waals surface area contributed by atoms with Gasteiger partial charge < -0.3 is 25.4 Å². The Morgan fingerprint density at radius 1 is 1.03 bits per heavy atom. The van der Waals surface area contributed by atoms with Gasteiger partial charge in [0.15, 0.2) is 0 Å². The monoisotopic (exact) mass is 471 g/mol. The van der Waals surface area contributed by atoms with Gasteiger partial charge >= 0.3 is 12.0 Å². The van der Waals surface area contributed by atoms with E-state index in [2.05, 4.69) is 22.1 Å². The summed E-state index contributed by atoms with van der Waals surface area (Å²) in [5, 5.41) is 16.8. The summed E-state index contributed by atoms with van der Waals surface area (Å²) in [4.78, 5) is 38.9. The molecule has 0 radical (unpaired) electrons. The van der Waals surface area contributed by atoms with Crippen LogP contribution in [0.4, 0.5) is 4.79 Å². The quantitative estimate of drug-likeness (QED) is 0.537. The minimum Gasteiger partial charge on any atom is -0.490 e. The lowest BCUT2D eigenvalue weighted by atomic mass is 9.87. The highest BCUT2D eigenvalue weighted by Gasteiger charge is 2.27. The van der Waals surface area contributed by atoms with Crippen LogP contribution in [0.15, 0.2) is 35.7 Å². The Morgan fingerprint density at radius 2 is 1.76 bits per heavy atom. The van der Waals surface area contributed by atoms with E-state index in [1.807, 2.05) is 0 Å². The third-order valence-corrected chi connectivity index (χ3v) is 7.25. The first kappa shape index (κ1) is 23.1. The van der Waals surface area contributed by atoms with Crippen LogP contribution in [-0.2, 0) is 17.8 Å². The molecule has 0 bridgehead atoms. The first-order valence-electron chi connectivity index (χ1n) is 11.4. The number of fused-ring (bicyclic) bond motifs is 1. The minimum atomic E-state index is -0.730. The number of carbonyl (C=O) groups excluding carboxylic acids is 2. The van der Waals surface area contributed by atoms with Crippen molar-refractivity contribution in [3.63, 3.8) is 0 Å². The number of thiophene rings is 1. The van der Waals surface area contributed by atoms with Crippen LogP contribution in [0.5, 0.6) is 5.75 Å². The van der Waals surface area contributed by atoms with Crippen molar-refractivity contribution in [1.82, 2.24) is 15.5 Å². The van der Waals surface area contributed by atoms with Crippen molar-refractivity contribution < 1.29 is 24.2 Å². The molecule has 1 fully saturated rings. The van der Waals surface area contributed by atoms with E-state index >= 15 is 0 Å². The third kappa shape index (κ3) is 6.04. The summed E-state index contributed by atoms with van der Waals surface area (Å²) >= 11 is 1.74. The zero-order valence-corrected chi connectivity index (χ0v) is 19.2. The topological polar surface area (TPSA) is 108 Å². The normalized spacial score (nSPS) is 19.9. The fourth-order valence-corrected chi connectivity index (χ4v) is 5.18. The van der Waals surface area contributed by atoms with Gasteiger partial charge in [-0.15, -0.1) is 11.3 Å². The molecule has 176 valence electrons. The van der Waals surface area contributed by atoms with Crippen molar-refractivity contribution in [2.75, 3.05) is 19.6 Å². The van der Waals surface area contributed by atoms with Crippen LogP contribution in [0.2, 0.25) is 0 Å². The molecule has 2 heterocycles. The Hall–Kier alpha value is -3.07. The molecule has 2 aromatic rings. The van der Waals surface area contributed by atoms with Crippen LogP contribution in [0.25, 0.3) is 0 Å². The number of ether oxygens (including phenoxy) is 1. The summed E-state index contributed by atoms with van der Waals surface area (Å²) < 4.78 is 5.94. The fourth-order valence-electron chi connectivity index (χ4n) is 4.29. The van der Waals surface area contributed by atoms with Crippen molar-refractivity contribution in [3.05, 3.63) is 51.7 Å². The maximum absolute atomic E-state index is 12.4. The second kappa shape index (κ2) is 10.7. The number of urea groups is 1.